The van der Waals surface area contributed by atoms with E-state index < -0.39 is 0 Å². The quantitative estimate of drug-likeness (QED) is 0.755. The van der Waals surface area contributed by atoms with Crippen LogP contribution in [0.15, 0.2) is 34.9 Å². The van der Waals surface area contributed by atoms with E-state index in [1.807, 2.05) is 0 Å². The Bertz CT molecular complexity index is 471. The molecule has 1 aromatic heterocycles. The summed E-state index contributed by atoms with van der Waals surface area (Å²) in [4.78, 5) is 0. The standard InChI is InChI=1S/C14H18BrN/c1-11(2)4-3-8-16-9-7-12-10-13(15)5-6-14(12)16/h5-7,9-11H,3-4,8H2,1-2H3. The Morgan fingerprint density at radius 2 is 2.06 bits per heavy atom. The Morgan fingerprint density at radius 1 is 1.25 bits per heavy atom. The highest BCUT2D eigenvalue weighted by molar-refractivity contribution is 9.10. The lowest BCUT2D eigenvalue weighted by Gasteiger charge is -2.07. The Morgan fingerprint density at radius 3 is 2.81 bits per heavy atom. The number of fused-ring (bicyclic) bond motifs is 1. The van der Waals surface area contributed by atoms with E-state index in [9.17, 15) is 0 Å². The zero-order chi connectivity index (χ0) is 11.5. The van der Waals surface area contributed by atoms with E-state index in [1.54, 1.807) is 0 Å². The lowest BCUT2D eigenvalue weighted by molar-refractivity contribution is 0.518. The third-order valence-corrected chi connectivity index (χ3v) is 3.41. The van der Waals surface area contributed by atoms with E-state index in [1.165, 1.54) is 23.7 Å². The van der Waals surface area contributed by atoms with Gasteiger partial charge in [0, 0.05) is 28.1 Å². The van der Waals surface area contributed by atoms with Gasteiger partial charge >= 0.3 is 0 Å². The molecule has 2 heteroatoms. The molecule has 0 saturated carbocycles. The summed E-state index contributed by atoms with van der Waals surface area (Å²) in [5.74, 6) is 0.802. The van der Waals surface area contributed by atoms with Gasteiger partial charge in [0.05, 0.1) is 0 Å². The van der Waals surface area contributed by atoms with Crippen LogP contribution in [0.5, 0.6) is 0 Å². The van der Waals surface area contributed by atoms with Crippen LogP contribution in [0.1, 0.15) is 26.7 Å². The average molecular weight is 280 g/mol. The van der Waals surface area contributed by atoms with Gasteiger partial charge < -0.3 is 4.57 Å². The number of nitrogens with zero attached hydrogens (tertiary/aromatic N) is 1. The largest absolute Gasteiger partial charge is 0.347 e. The molecule has 0 amide bonds. The van der Waals surface area contributed by atoms with Gasteiger partial charge in [-0.1, -0.05) is 29.8 Å². The molecule has 0 radical (unpaired) electrons. The SMILES string of the molecule is CC(C)CCCn1ccc2cc(Br)ccc21. The Kier molecular flexibility index (Phi) is 3.70. The van der Waals surface area contributed by atoms with Gasteiger partial charge in [-0.15, -0.1) is 0 Å². The second kappa shape index (κ2) is 5.05. The molecule has 0 atom stereocenters. The maximum atomic E-state index is 3.50. The molecule has 2 aromatic rings. The van der Waals surface area contributed by atoms with E-state index in [2.05, 4.69) is 64.8 Å². The fraction of sp³-hybridized carbons (Fsp3) is 0.429. The molecule has 86 valence electrons. The summed E-state index contributed by atoms with van der Waals surface area (Å²) >= 11 is 3.50. The van der Waals surface area contributed by atoms with Gasteiger partial charge in [0.2, 0.25) is 0 Å². The Hall–Kier alpha value is -0.760. The van der Waals surface area contributed by atoms with Crippen LogP contribution in [0, 0.1) is 5.92 Å². The maximum Gasteiger partial charge on any atom is 0.0481 e. The number of aromatic nitrogens is 1. The van der Waals surface area contributed by atoms with Gasteiger partial charge in [0.25, 0.3) is 0 Å². The molecule has 2 rings (SSSR count). The molecular formula is C14H18BrN. The summed E-state index contributed by atoms with van der Waals surface area (Å²) in [7, 11) is 0. The summed E-state index contributed by atoms with van der Waals surface area (Å²) in [5, 5.41) is 1.32. The van der Waals surface area contributed by atoms with Gasteiger partial charge in [0.15, 0.2) is 0 Å². The topological polar surface area (TPSA) is 4.93 Å². The van der Waals surface area contributed by atoms with Crippen molar-refractivity contribution < 1.29 is 0 Å². The van der Waals surface area contributed by atoms with Gasteiger partial charge in [-0.25, -0.2) is 0 Å². The minimum Gasteiger partial charge on any atom is -0.347 e. The molecular weight excluding hydrogens is 262 g/mol. The minimum absolute atomic E-state index is 0.802. The molecule has 0 spiro atoms. The van der Waals surface area contributed by atoms with Crippen LogP contribution in [-0.4, -0.2) is 4.57 Å². The zero-order valence-corrected chi connectivity index (χ0v) is 11.5. The van der Waals surface area contributed by atoms with Gasteiger partial charge in [-0.05, 0) is 43.0 Å². The number of aryl methyl sites for hydroxylation is 1. The van der Waals surface area contributed by atoms with Crippen molar-refractivity contribution >= 4 is 26.8 Å². The van der Waals surface area contributed by atoms with Crippen molar-refractivity contribution in [3.05, 3.63) is 34.9 Å². The fourth-order valence-corrected chi connectivity index (χ4v) is 2.41. The molecule has 0 N–H and O–H groups in total. The molecule has 16 heavy (non-hydrogen) atoms. The highest BCUT2D eigenvalue weighted by atomic mass is 79.9. The molecule has 0 unspecified atom stereocenters. The monoisotopic (exact) mass is 279 g/mol. The van der Waals surface area contributed by atoms with Crippen molar-refractivity contribution in [3.63, 3.8) is 0 Å². The van der Waals surface area contributed by atoms with Crippen LogP contribution < -0.4 is 0 Å². The minimum atomic E-state index is 0.802. The molecule has 0 fully saturated rings. The van der Waals surface area contributed by atoms with Gasteiger partial charge in [0.1, 0.15) is 0 Å². The van der Waals surface area contributed by atoms with Crippen LogP contribution in [-0.2, 0) is 6.54 Å². The summed E-state index contributed by atoms with van der Waals surface area (Å²) in [6.07, 6.45) is 4.76. The number of halogens is 1. The van der Waals surface area contributed by atoms with Crippen LogP contribution in [0.4, 0.5) is 0 Å². The highest BCUT2D eigenvalue weighted by Crippen LogP contribution is 2.21. The van der Waals surface area contributed by atoms with Crippen molar-refractivity contribution in [2.24, 2.45) is 5.92 Å². The van der Waals surface area contributed by atoms with E-state index >= 15 is 0 Å². The first kappa shape index (κ1) is 11.7. The van der Waals surface area contributed by atoms with Crippen LogP contribution >= 0.6 is 15.9 Å². The lowest BCUT2D eigenvalue weighted by Crippen LogP contribution is -1.98. The first-order valence-electron chi connectivity index (χ1n) is 5.91. The normalized spacial score (nSPS) is 11.5. The van der Waals surface area contributed by atoms with Crippen molar-refractivity contribution in [1.82, 2.24) is 4.57 Å². The summed E-state index contributed by atoms with van der Waals surface area (Å²) in [6.45, 7) is 5.69. The first-order valence-corrected chi connectivity index (χ1v) is 6.70. The fourth-order valence-electron chi connectivity index (χ4n) is 2.04. The number of hydrogen-bond acceptors (Lipinski definition) is 0. The third kappa shape index (κ3) is 2.67. The lowest BCUT2D eigenvalue weighted by atomic mass is 10.1. The van der Waals surface area contributed by atoms with E-state index in [0.29, 0.717) is 0 Å². The average Bonchev–Trinajstić information content (AvgIpc) is 2.60. The van der Waals surface area contributed by atoms with Crippen molar-refractivity contribution in [3.8, 4) is 0 Å². The van der Waals surface area contributed by atoms with Gasteiger partial charge in [-0.2, -0.15) is 0 Å². The van der Waals surface area contributed by atoms with E-state index in [4.69, 9.17) is 0 Å². The molecule has 1 aromatic carbocycles. The molecule has 0 aliphatic heterocycles. The molecule has 0 saturated heterocycles. The predicted molar refractivity (Wildman–Crippen MR) is 73.7 cm³/mol. The Balaban J connectivity index is 2.13. The molecule has 0 aliphatic carbocycles. The van der Waals surface area contributed by atoms with Crippen molar-refractivity contribution in [2.45, 2.75) is 33.2 Å². The van der Waals surface area contributed by atoms with Crippen LogP contribution in [0.25, 0.3) is 10.9 Å². The molecule has 1 heterocycles. The zero-order valence-electron chi connectivity index (χ0n) is 9.91. The summed E-state index contributed by atoms with van der Waals surface area (Å²) in [5.41, 5.74) is 1.34. The Labute approximate surface area is 106 Å². The smallest absolute Gasteiger partial charge is 0.0481 e. The molecule has 1 nitrogen and oxygen atoms in total. The highest BCUT2D eigenvalue weighted by Gasteiger charge is 2.01. The van der Waals surface area contributed by atoms with Crippen LogP contribution in [0.3, 0.4) is 0 Å². The second-order valence-electron chi connectivity index (χ2n) is 4.75. The summed E-state index contributed by atoms with van der Waals surface area (Å²) in [6, 6.07) is 8.67. The maximum absolute atomic E-state index is 3.50. The second-order valence-corrected chi connectivity index (χ2v) is 5.66. The number of benzene rings is 1. The van der Waals surface area contributed by atoms with E-state index in [0.717, 1.165) is 16.9 Å². The third-order valence-electron chi connectivity index (χ3n) is 2.91. The predicted octanol–water partition coefficient (Wildman–Crippen LogP) is 4.84. The van der Waals surface area contributed by atoms with Crippen molar-refractivity contribution in [2.75, 3.05) is 0 Å². The first-order chi connectivity index (χ1) is 7.66. The number of hydrogen-bond donors (Lipinski definition) is 0. The summed E-state index contributed by atoms with van der Waals surface area (Å²) < 4.78 is 3.50. The van der Waals surface area contributed by atoms with Gasteiger partial charge in [-0.3, -0.25) is 0 Å². The van der Waals surface area contributed by atoms with Crippen LogP contribution in [0.2, 0.25) is 0 Å². The number of rotatable bonds is 4. The van der Waals surface area contributed by atoms with E-state index in [-0.39, 0.29) is 0 Å². The molecule has 0 bridgehead atoms. The van der Waals surface area contributed by atoms with Crippen molar-refractivity contribution in [1.29, 1.82) is 0 Å². The molecule has 0 aliphatic rings.